The maximum Gasteiger partial charge on any atom is 0.321 e. The Morgan fingerprint density at radius 3 is 2.23 bits per heavy atom. The zero-order chi connectivity index (χ0) is 18.5. The van der Waals surface area contributed by atoms with Crippen LogP contribution in [0.4, 0.5) is 4.79 Å². The molecule has 142 valence electrons. The van der Waals surface area contributed by atoms with Crippen molar-refractivity contribution in [3.05, 3.63) is 5.82 Å². The molecule has 1 heterocycles. The van der Waals surface area contributed by atoms with Crippen LogP contribution in [0.15, 0.2) is 0 Å². The predicted octanol–water partition coefficient (Wildman–Crippen LogP) is 1.77. The summed E-state index contributed by atoms with van der Waals surface area (Å²) in [5.74, 6) is 2.45. The van der Waals surface area contributed by atoms with Crippen LogP contribution in [-0.4, -0.2) is 37.7 Å². The second-order valence-electron chi connectivity index (χ2n) is 9.61. The molecule has 4 fully saturated rings. The van der Waals surface area contributed by atoms with Crippen LogP contribution in [0.5, 0.6) is 0 Å². The number of urea groups is 1. The molecule has 4 bridgehead atoms. The highest BCUT2D eigenvalue weighted by Gasteiger charge is 2.51. The SMILES string of the molecule is CC(C)(C)c1nnnn1CC(=O)NC(=O)NC12CC3CC(CC(C3)C1)C2. The van der Waals surface area contributed by atoms with Gasteiger partial charge in [0, 0.05) is 11.0 Å². The largest absolute Gasteiger partial charge is 0.332 e. The van der Waals surface area contributed by atoms with Crippen LogP contribution in [0.25, 0.3) is 0 Å². The Hall–Kier alpha value is -1.99. The van der Waals surface area contributed by atoms with E-state index in [0.29, 0.717) is 5.82 Å². The average molecular weight is 360 g/mol. The van der Waals surface area contributed by atoms with Gasteiger partial charge in [-0.15, -0.1) is 5.10 Å². The Morgan fingerprint density at radius 2 is 1.69 bits per heavy atom. The number of carbonyl (C=O) groups excluding carboxylic acids is 2. The summed E-state index contributed by atoms with van der Waals surface area (Å²) in [6, 6.07) is -0.387. The van der Waals surface area contributed by atoms with Crippen molar-refractivity contribution in [1.82, 2.24) is 30.8 Å². The number of amides is 3. The molecule has 0 aliphatic heterocycles. The quantitative estimate of drug-likeness (QED) is 0.855. The van der Waals surface area contributed by atoms with Crippen LogP contribution >= 0.6 is 0 Å². The number of tetrazole rings is 1. The summed E-state index contributed by atoms with van der Waals surface area (Å²) in [4.78, 5) is 24.7. The smallest absolute Gasteiger partial charge is 0.321 e. The molecule has 3 amide bonds. The molecule has 0 radical (unpaired) electrons. The summed E-state index contributed by atoms with van der Waals surface area (Å²) in [5, 5.41) is 17.1. The highest BCUT2D eigenvalue weighted by molar-refractivity contribution is 5.94. The molecule has 4 saturated carbocycles. The van der Waals surface area contributed by atoms with E-state index in [9.17, 15) is 9.59 Å². The van der Waals surface area contributed by atoms with E-state index in [1.165, 1.54) is 23.9 Å². The van der Waals surface area contributed by atoms with Crippen LogP contribution in [0, 0.1) is 17.8 Å². The van der Waals surface area contributed by atoms with Gasteiger partial charge in [-0.2, -0.15) is 0 Å². The number of imide groups is 1. The van der Waals surface area contributed by atoms with E-state index < -0.39 is 5.91 Å². The van der Waals surface area contributed by atoms with Gasteiger partial charge in [-0.25, -0.2) is 9.48 Å². The van der Waals surface area contributed by atoms with Crippen LogP contribution in [0.2, 0.25) is 0 Å². The van der Waals surface area contributed by atoms with Gasteiger partial charge in [-0.1, -0.05) is 20.8 Å². The molecule has 8 nitrogen and oxygen atoms in total. The molecular weight excluding hydrogens is 332 g/mol. The lowest BCUT2D eigenvalue weighted by molar-refractivity contribution is -0.120. The van der Waals surface area contributed by atoms with Crippen molar-refractivity contribution >= 4 is 11.9 Å². The molecule has 2 N–H and O–H groups in total. The zero-order valence-electron chi connectivity index (χ0n) is 15.8. The number of nitrogens with one attached hydrogen (secondary N) is 2. The second-order valence-corrected chi connectivity index (χ2v) is 9.61. The number of aromatic nitrogens is 4. The first kappa shape index (κ1) is 17.4. The average Bonchev–Trinajstić information content (AvgIpc) is 2.92. The summed E-state index contributed by atoms with van der Waals surface area (Å²) in [6.45, 7) is 5.88. The molecule has 5 rings (SSSR count). The minimum Gasteiger partial charge on any atom is -0.332 e. The van der Waals surface area contributed by atoms with Gasteiger partial charge in [-0.3, -0.25) is 10.1 Å². The van der Waals surface area contributed by atoms with Gasteiger partial charge in [0.15, 0.2) is 5.82 Å². The minimum absolute atomic E-state index is 0.0616. The van der Waals surface area contributed by atoms with Crippen molar-refractivity contribution < 1.29 is 9.59 Å². The Bertz CT molecular complexity index is 684. The van der Waals surface area contributed by atoms with Gasteiger partial charge in [0.25, 0.3) is 0 Å². The van der Waals surface area contributed by atoms with Crippen molar-refractivity contribution in [2.24, 2.45) is 17.8 Å². The van der Waals surface area contributed by atoms with E-state index in [0.717, 1.165) is 37.0 Å². The first-order valence-electron chi connectivity index (χ1n) is 9.61. The molecule has 1 aromatic heterocycles. The lowest BCUT2D eigenvalue weighted by Gasteiger charge is -2.56. The first-order chi connectivity index (χ1) is 12.2. The molecule has 1 aromatic rings. The normalized spacial score (nSPS) is 32.5. The van der Waals surface area contributed by atoms with Gasteiger partial charge in [0.2, 0.25) is 5.91 Å². The van der Waals surface area contributed by atoms with Crippen molar-refractivity contribution in [3.8, 4) is 0 Å². The third-order valence-electron chi connectivity index (χ3n) is 6.17. The fourth-order valence-electron chi connectivity index (χ4n) is 5.69. The molecule has 26 heavy (non-hydrogen) atoms. The summed E-state index contributed by atoms with van der Waals surface area (Å²) in [6.07, 6.45) is 7.12. The molecule has 0 saturated heterocycles. The fourth-order valence-corrected chi connectivity index (χ4v) is 5.69. The number of hydrogen-bond donors (Lipinski definition) is 2. The minimum atomic E-state index is -0.398. The monoisotopic (exact) mass is 360 g/mol. The zero-order valence-corrected chi connectivity index (χ0v) is 15.8. The van der Waals surface area contributed by atoms with Crippen LogP contribution < -0.4 is 10.6 Å². The number of nitrogens with zero attached hydrogens (tertiary/aromatic N) is 4. The fraction of sp³-hybridized carbons (Fsp3) is 0.833. The van der Waals surface area contributed by atoms with Crippen molar-refractivity contribution in [2.75, 3.05) is 0 Å². The van der Waals surface area contributed by atoms with Gasteiger partial charge in [-0.05, 0) is 66.7 Å². The van der Waals surface area contributed by atoms with Gasteiger partial charge >= 0.3 is 6.03 Å². The highest BCUT2D eigenvalue weighted by atomic mass is 16.2. The maximum absolute atomic E-state index is 12.4. The van der Waals surface area contributed by atoms with Crippen molar-refractivity contribution in [3.63, 3.8) is 0 Å². The summed E-state index contributed by atoms with van der Waals surface area (Å²) >= 11 is 0. The maximum atomic E-state index is 12.4. The van der Waals surface area contributed by atoms with Crippen molar-refractivity contribution in [2.45, 2.75) is 76.8 Å². The van der Waals surface area contributed by atoms with E-state index in [1.54, 1.807) is 0 Å². The molecule has 0 spiro atoms. The molecule has 4 aliphatic carbocycles. The van der Waals surface area contributed by atoms with E-state index >= 15 is 0 Å². The Balaban J connectivity index is 1.35. The van der Waals surface area contributed by atoms with E-state index in [4.69, 9.17) is 0 Å². The van der Waals surface area contributed by atoms with Crippen LogP contribution in [-0.2, 0) is 16.8 Å². The molecule has 0 atom stereocenters. The lowest BCUT2D eigenvalue weighted by Crippen LogP contribution is -2.62. The standard InChI is InChI=1S/C18H28N6O2/c1-17(2,3)15-21-22-23-24(15)10-14(25)19-16(26)20-18-7-11-4-12(8-18)6-13(5-11)9-18/h11-13H,4-10H2,1-3H3,(H2,19,20,25,26). The summed E-state index contributed by atoms with van der Waals surface area (Å²) < 4.78 is 1.45. The Morgan fingerprint density at radius 1 is 1.12 bits per heavy atom. The van der Waals surface area contributed by atoms with Gasteiger partial charge in [0.05, 0.1) is 0 Å². The predicted molar refractivity (Wildman–Crippen MR) is 94.1 cm³/mol. The van der Waals surface area contributed by atoms with Gasteiger partial charge < -0.3 is 5.32 Å². The van der Waals surface area contributed by atoms with Crippen LogP contribution in [0.1, 0.15) is 65.1 Å². The topological polar surface area (TPSA) is 102 Å². The molecule has 4 aliphatic rings. The summed E-state index contributed by atoms with van der Waals surface area (Å²) in [7, 11) is 0. The third-order valence-corrected chi connectivity index (χ3v) is 6.17. The van der Waals surface area contributed by atoms with E-state index in [1.807, 2.05) is 20.8 Å². The molecule has 0 unspecified atom stereocenters. The van der Waals surface area contributed by atoms with E-state index in [-0.39, 0.29) is 23.5 Å². The Labute approximate surface area is 153 Å². The molecule has 8 heteroatoms. The van der Waals surface area contributed by atoms with Crippen molar-refractivity contribution in [1.29, 1.82) is 0 Å². The number of carbonyl (C=O) groups is 2. The molecular formula is C18H28N6O2. The molecule has 0 aromatic carbocycles. The number of rotatable bonds is 3. The number of hydrogen-bond acceptors (Lipinski definition) is 5. The lowest BCUT2D eigenvalue weighted by atomic mass is 9.53. The van der Waals surface area contributed by atoms with E-state index in [2.05, 4.69) is 26.2 Å². The Kier molecular flexibility index (Phi) is 4.04. The second kappa shape index (κ2) is 6.03. The van der Waals surface area contributed by atoms with Crippen LogP contribution in [0.3, 0.4) is 0 Å². The third kappa shape index (κ3) is 3.33. The highest BCUT2D eigenvalue weighted by Crippen LogP contribution is 2.55. The van der Waals surface area contributed by atoms with Gasteiger partial charge in [0.1, 0.15) is 6.54 Å². The summed E-state index contributed by atoms with van der Waals surface area (Å²) in [5.41, 5.74) is -0.379. The first-order valence-corrected chi connectivity index (χ1v) is 9.61.